The number of aromatic nitrogens is 2. The highest BCUT2D eigenvalue weighted by Crippen LogP contribution is 2.27. The molecule has 1 aliphatic rings. The van der Waals surface area contributed by atoms with E-state index in [1.807, 2.05) is 18.2 Å². The van der Waals surface area contributed by atoms with Crippen molar-refractivity contribution in [2.45, 2.75) is 6.42 Å². The van der Waals surface area contributed by atoms with Gasteiger partial charge in [-0.05, 0) is 29.6 Å². The summed E-state index contributed by atoms with van der Waals surface area (Å²) in [5.41, 5.74) is 10.1. The first kappa shape index (κ1) is 11.6. The minimum Gasteiger partial charge on any atom is -0.312 e. The highest BCUT2D eigenvalue weighted by Gasteiger charge is 2.30. The van der Waals surface area contributed by atoms with Gasteiger partial charge in [0, 0.05) is 35.5 Å². The number of nitrogens with one attached hydrogen (secondary N) is 1. The quantitative estimate of drug-likeness (QED) is 0.517. The number of rotatable bonds is 3. The number of azide groups is 1. The van der Waals surface area contributed by atoms with Crippen LogP contribution in [0.25, 0.3) is 21.3 Å². The lowest BCUT2D eigenvalue weighted by Crippen LogP contribution is -2.24. The highest BCUT2D eigenvalue weighted by atomic mass is 16.2. The number of hydrogen-bond acceptors (Lipinski definition) is 3. The second-order valence-electron chi connectivity index (χ2n) is 4.63. The summed E-state index contributed by atoms with van der Waals surface area (Å²) in [5, 5.41) is 11.4. The van der Waals surface area contributed by atoms with E-state index in [0.717, 1.165) is 16.6 Å². The molecule has 0 saturated carbocycles. The normalized spacial score (nSPS) is 18.8. The number of hydrogen-bond donors (Lipinski definition) is 1. The topological polar surface area (TPSA) is 97.8 Å². The first-order valence-electron chi connectivity index (χ1n) is 6.02. The molecular weight excluding hydrogens is 244 g/mol. The van der Waals surface area contributed by atoms with Gasteiger partial charge in [0.2, 0.25) is 5.91 Å². The fraction of sp³-hybridized carbons (Fsp3) is 0.333. The van der Waals surface area contributed by atoms with Crippen LogP contribution >= 0.6 is 0 Å². The first-order chi connectivity index (χ1) is 9.28. The van der Waals surface area contributed by atoms with Crippen molar-refractivity contribution in [3.05, 3.63) is 34.8 Å². The molecule has 1 saturated heterocycles. The number of nitrogens with zero attached hydrogens (tertiary/aromatic N) is 5. The molecule has 0 aliphatic carbocycles. The van der Waals surface area contributed by atoms with Gasteiger partial charge in [-0.1, -0.05) is 5.11 Å². The predicted octanol–water partition coefficient (Wildman–Crippen LogP) is 2.23. The Hall–Kier alpha value is -2.53. The fourth-order valence-electron chi connectivity index (χ4n) is 2.40. The third kappa shape index (κ3) is 2.11. The zero-order chi connectivity index (χ0) is 13.2. The molecule has 2 heterocycles. The third-order valence-corrected chi connectivity index (χ3v) is 3.34. The summed E-state index contributed by atoms with van der Waals surface area (Å²) >= 11 is 0. The largest absolute Gasteiger partial charge is 0.312 e. The monoisotopic (exact) mass is 256 g/mol. The van der Waals surface area contributed by atoms with Gasteiger partial charge in [0.25, 0.3) is 0 Å². The fourth-order valence-corrected chi connectivity index (χ4v) is 2.40. The minimum absolute atomic E-state index is 0.0704. The molecule has 1 atom stereocenters. The van der Waals surface area contributed by atoms with Crippen molar-refractivity contribution in [3.63, 3.8) is 0 Å². The van der Waals surface area contributed by atoms with Crippen molar-refractivity contribution in [1.29, 1.82) is 0 Å². The highest BCUT2D eigenvalue weighted by molar-refractivity contribution is 5.97. The summed E-state index contributed by atoms with van der Waals surface area (Å²) in [6, 6.07) is 5.74. The first-order valence-corrected chi connectivity index (χ1v) is 6.02. The lowest BCUT2D eigenvalue weighted by atomic mass is 10.1. The van der Waals surface area contributed by atoms with Crippen LogP contribution in [-0.4, -0.2) is 29.2 Å². The van der Waals surface area contributed by atoms with Gasteiger partial charge in [-0.2, -0.15) is 5.10 Å². The summed E-state index contributed by atoms with van der Waals surface area (Å²) in [6.07, 6.45) is 2.17. The summed E-state index contributed by atoms with van der Waals surface area (Å²) < 4.78 is 0. The number of carbonyl (C=O) groups excluding carboxylic acids is 1. The second kappa shape index (κ2) is 4.62. The van der Waals surface area contributed by atoms with Crippen LogP contribution in [0.15, 0.2) is 29.5 Å². The SMILES string of the molecule is [N-]=[N+]=NCC1CC(=O)N(c2ccc3[nH]ncc3c2)C1. The van der Waals surface area contributed by atoms with Gasteiger partial charge in [0.1, 0.15) is 0 Å². The number of benzene rings is 1. The number of aromatic amines is 1. The van der Waals surface area contributed by atoms with Crippen molar-refractivity contribution in [1.82, 2.24) is 10.2 Å². The maximum absolute atomic E-state index is 12.0. The van der Waals surface area contributed by atoms with Gasteiger partial charge >= 0.3 is 0 Å². The van der Waals surface area contributed by atoms with Crippen LogP contribution in [-0.2, 0) is 4.79 Å². The Morgan fingerprint density at radius 2 is 2.47 bits per heavy atom. The Morgan fingerprint density at radius 1 is 1.58 bits per heavy atom. The van der Waals surface area contributed by atoms with E-state index >= 15 is 0 Å². The number of amides is 1. The van der Waals surface area contributed by atoms with Crippen LogP contribution in [0.3, 0.4) is 0 Å². The Balaban J connectivity index is 1.85. The number of anilines is 1. The van der Waals surface area contributed by atoms with Gasteiger partial charge in [-0.15, -0.1) is 0 Å². The Morgan fingerprint density at radius 3 is 3.32 bits per heavy atom. The molecule has 1 aromatic carbocycles. The molecule has 0 spiro atoms. The van der Waals surface area contributed by atoms with E-state index in [1.165, 1.54) is 0 Å². The number of H-pyrrole nitrogens is 1. The summed E-state index contributed by atoms with van der Waals surface area (Å²) in [4.78, 5) is 16.5. The van der Waals surface area contributed by atoms with Crippen LogP contribution < -0.4 is 4.90 Å². The summed E-state index contributed by atoms with van der Waals surface area (Å²) in [5.74, 6) is 0.171. The van der Waals surface area contributed by atoms with Crippen LogP contribution in [0.2, 0.25) is 0 Å². The molecule has 7 nitrogen and oxygen atoms in total. The van der Waals surface area contributed by atoms with Crippen LogP contribution in [0.1, 0.15) is 6.42 Å². The molecule has 3 rings (SSSR count). The van der Waals surface area contributed by atoms with Crippen molar-refractivity contribution in [2.24, 2.45) is 11.0 Å². The average molecular weight is 256 g/mol. The molecule has 0 radical (unpaired) electrons. The summed E-state index contributed by atoms with van der Waals surface area (Å²) in [6.45, 7) is 0.966. The number of carbonyl (C=O) groups is 1. The maximum atomic E-state index is 12.0. The van der Waals surface area contributed by atoms with Crippen molar-refractivity contribution in [2.75, 3.05) is 18.0 Å². The van der Waals surface area contributed by atoms with Crippen molar-refractivity contribution in [3.8, 4) is 0 Å². The van der Waals surface area contributed by atoms with Crippen molar-refractivity contribution < 1.29 is 4.79 Å². The predicted molar refractivity (Wildman–Crippen MR) is 70.6 cm³/mol. The molecule has 1 aromatic heterocycles. The van der Waals surface area contributed by atoms with Gasteiger partial charge in [-0.3, -0.25) is 9.89 Å². The summed E-state index contributed by atoms with van der Waals surface area (Å²) in [7, 11) is 0. The van der Waals surface area contributed by atoms with E-state index in [2.05, 4.69) is 20.2 Å². The van der Waals surface area contributed by atoms with Gasteiger partial charge in [0.05, 0.1) is 11.7 Å². The molecule has 1 amide bonds. The number of fused-ring (bicyclic) bond motifs is 1. The third-order valence-electron chi connectivity index (χ3n) is 3.34. The van der Waals surface area contributed by atoms with Crippen LogP contribution in [0, 0.1) is 5.92 Å². The minimum atomic E-state index is 0.0704. The molecule has 1 aliphatic heterocycles. The average Bonchev–Trinajstić information content (AvgIpc) is 3.01. The molecule has 0 bridgehead atoms. The lowest BCUT2D eigenvalue weighted by Gasteiger charge is -2.16. The molecule has 7 heteroatoms. The Bertz CT molecular complexity index is 672. The second-order valence-corrected chi connectivity index (χ2v) is 4.63. The van der Waals surface area contributed by atoms with E-state index in [4.69, 9.17) is 5.53 Å². The molecule has 96 valence electrons. The van der Waals surface area contributed by atoms with Crippen LogP contribution in [0.5, 0.6) is 0 Å². The van der Waals surface area contributed by atoms with Gasteiger partial charge in [-0.25, -0.2) is 0 Å². The van der Waals surface area contributed by atoms with E-state index in [9.17, 15) is 4.79 Å². The van der Waals surface area contributed by atoms with E-state index < -0.39 is 0 Å². The molecule has 2 aromatic rings. The molecule has 1 N–H and O–H groups in total. The van der Waals surface area contributed by atoms with E-state index in [1.54, 1.807) is 11.1 Å². The van der Waals surface area contributed by atoms with Gasteiger partial charge in [0.15, 0.2) is 0 Å². The molecule has 1 unspecified atom stereocenters. The Kier molecular flexibility index (Phi) is 2.81. The molecule has 1 fully saturated rings. The zero-order valence-corrected chi connectivity index (χ0v) is 10.2. The van der Waals surface area contributed by atoms with E-state index in [-0.39, 0.29) is 11.8 Å². The lowest BCUT2D eigenvalue weighted by molar-refractivity contribution is -0.117. The smallest absolute Gasteiger partial charge is 0.227 e. The van der Waals surface area contributed by atoms with Crippen molar-refractivity contribution >= 4 is 22.5 Å². The van der Waals surface area contributed by atoms with E-state index in [0.29, 0.717) is 19.5 Å². The molecule has 19 heavy (non-hydrogen) atoms. The maximum Gasteiger partial charge on any atom is 0.227 e. The zero-order valence-electron chi connectivity index (χ0n) is 10.2. The Labute approximate surface area is 108 Å². The van der Waals surface area contributed by atoms with Crippen LogP contribution in [0.4, 0.5) is 5.69 Å². The standard InChI is InChI=1S/C12H12N6O/c13-17-15-5-8-3-12(19)18(7-8)10-1-2-11-9(4-10)6-14-16-11/h1-2,4,6,8H,3,5,7H2,(H,14,16). The molecular formula is C12H12N6O. The van der Waals surface area contributed by atoms with Gasteiger partial charge < -0.3 is 4.90 Å².